The molecule has 0 unspecified atom stereocenters. The van der Waals surface area contributed by atoms with Crippen LogP contribution in [-0.2, 0) is 26.2 Å². The summed E-state index contributed by atoms with van der Waals surface area (Å²) in [6, 6.07) is 11.4. The molecule has 0 heterocycles. The lowest BCUT2D eigenvalue weighted by atomic mass is 10.1. The van der Waals surface area contributed by atoms with E-state index in [1.807, 2.05) is 31.2 Å². The summed E-state index contributed by atoms with van der Waals surface area (Å²) in [5, 5.41) is 13.9. The average Bonchev–Trinajstić information content (AvgIpc) is 2.75. The third-order valence-electron chi connectivity index (χ3n) is 5.08. The highest BCUT2D eigenvalue weighted by atomic mass is 32.2. The molecule has 0 radical (unpaired) electrons. The average molecular weight is 491 g/mol. The Hall–Kier alpha value is -3.47. The smallest absolute Gasteiger partial charge is 0.271 e. The van der Waals surface area contributed by atoms with Gasteiger partial charge in [-0.05, 0) is 39.3 Å². The maximum absolute atomic E-state index is 13.4. The predicted octanol–water partition coefficient (Wildman–Crippen LogP) is 2.61. The number of nitrogens with one attached hydrogen (secondary N) is 1. The van der Waals surface area contributed by atoms with E-state index in [1.165, 1.54) is 23.1 Å². The van der Waals surface area contributed by atoms with E-state index < -0.39 is 33.4 Å². The number of aryl methyl sites for hydroxylation is 1. The van der Waals surface area contributed by atoms with Crippen molar-refractivity contribution in [2.45, 2.75) is 46.3 Å². The van der Waals surface area contributed by atoms with E-state index in [4.69, 9.17) is 0 Å². The molecule has 1 N–H and O–H groups in total. The van der Waals surface area contributed by atoms with Gasteiger partial charge in [0.15, 0.2) is 0 Å². The van der Waals surface area contributed by atoms with Gasteiger partial charge in [-0.3, -0.25) is 24.0 Å². The fourth-order valence-electron chi connectivity index (χ4n) is 3.25. The number of carbonyl (C=O) groups excluding carboxylic acids is 2. The molecule has 0 aromatic heterocycles. The Kier molecular flexibility index (Phi) is 8.74. The second-order valence-electron chi connectivity index (χ2n) is 8.39. The van der Waals surface area contributed by atoms with E-state index in [1.54, 1.807) is 20.8 Å². The Bertz CT molecular complexity index is 1150. The normalized spacial score (nSPS) is 12.2. The van der Waals surface area contributed by atoms with Crippen molar-refractivity contribution < 1.29 is 22.9 Å². The molecule has 0 aliphatic carbocycles. The minimum atomic E-state index is -3.97. The molecule has 0 spiro atoms. The molecule has 2 amide bonds. The van der Waals surface area contributed by atoms with Gasteiger partial charge >= 0.3 is 0 Å². The lowest BCUT2D eigenvalue weighted by Gasteiger charge is -2.31. The van der Waals surface area contributed by atoms with Gasteiger partial charge < -0.3 is 10.2 Å². The Morgan fingerprint density at radius 1 is 1.09 bits per heavy atom. The van der Waals surface area contributed by atoms with Crippen molar-refractivity contribution in [3.8, 4) is 0 Å². The molecule has 1 atom stereocenters. The Morgan fingerprint density at radius 3 is 2.24 bits per heavy atom. The Balaban J connectivity index is 2.42. The van der Waals surface area contributed by atoms with Gasteiger partial charge in [0.05, 0.1) is 16.9 Å². The molecule has 0 saturated carbocycles. The molecule has 0 saturated heterocycles. The standard InChI is InChI=1S/C23H30N4O6S/c1-16(2)24-23(29)18(4)25(14-19-11-9-17(3)10-12-19)22(28)15-26(34(5,32)33)20-7-6-8-21(13-20)27(30)31/h6-13,16,18H,14-15H2,1-5H3,(H,24,29)/t18-/m0/s1. The molecule has 0 aliphatic rings. The van der Waals surface area contributed by atoms with Gasteiger partial charge in [0.2, 0.25) is 21.8 Å². The van der Waals surface area contributed by atoms with E-state index in [9.17, 15) is 28.1 Å². The summed E-state index contributed by atoms with van der Waals surface area (Å²) in [7, 11) is -3.97. The third kappa shape index (κ3) is 7.27. The van der Waals surface area contributed by atoms with Crippen molar-refractivity contribution in [3.05, 3.63) is 69.8 Å². The molecule has 0 fully saturated rings. The fraction of sp³-hybridized carbons (Fsp3) is 0.391. The van der Waals surface area contributed by atoms with Crippen molar-refractivity contribution in [2.24, 2.45) is 0 Å². The summed E-state index contributed by atoms with van der Waals surface area (Å²) in [5.74, 6) is -0.999. The number of sulfonamides is 1. The first-order chi connectivity index (χ1) is 15.8. The van der Waals surface area contributed by atoms with Crippen molar-refractivity contribution in [3.63, 3.8) is 0 Å². The largest absolute Gasteiger partial charge is 0.352 e. The number of benzene rings is 2. The zero-order valence-electron chi connectivity index (χ0n) is 19.9. The van der Waals surface area contributed by atoms with Crippen LogP contribution in [0.15, 0.2) is 48.5 Å². The number of hydrogen-bond acceptors (Lipinski definition) is 6. The lowest BCUT2D eigenvalue weighted by molar-refractivity contribution is -0.384. The van der Waals surface area contributed by atoms with Crippen molar-refractivity contribution in [1.29, 1.82) is 0 Å². The van der Waals surface area contributed by atoms with Gasteiger partial charge in [-0.25, -0.2) is 8.42 Å². The van der Waals surface area contributed by atoms with E-state index in [-0.39, 0.29) is 29.9 Å². The highest BCUT2D eigenvalue weighted by molar-refractivity contribution is 7.92. The zero-order valence-corrected chi connectivity index (χ0v) is 20.7. The van der Waals surface area contributed by atoms with Crippen LogP contribution in [0.1, 0.15) is 31.9 Å². The summed E-state index contributed by atoms with van der Waals surface area (Å²) in [6.07, 6.45) is 0.915. The number of anilines is 1. The van der Waals surface area contributed by atoms with Gasteiger partial charge in [-0.1, -0.05) is 35.9 Å². The van der Waals surface area contributed by atoms with Gasteiger partial charge in [-0.15, -0.1) is 0 Å². The van der Waals surface area contributed by atoms with Gasteiger partial charge in [-0.2, -0.15) is 0 Å². The maximum Gasteiger partial charge on any atom is 0.271 e. The Labute approximate surface area is 199 Å². The van der Waals surface area contributed by atoms with Crippen LogP contribution in [0.4, 0.5) is 11.4 Å². The molecule has 2 aromatic rings. The highest BCUT2D eigenvalue weighted by Crippen LogP contribution is 2.24. The predicted molar refractivity (Wildman–Crippen MR) is 130 cm³/mol. The monoisotopic (exact) mass is 490 g/mol. The summed E-state index contributed by atoms with van der Waals surface area (Å²) >= 11 is 0. The topological polar surface area (TPSA) is 130 Å². The van der Waals surface area contributed by atoms with Crippen LogP contribution in [0.25, 0.3) is 0 Å². The van der Waals surface area contributed by atoms with Gasteiger partial charge in [0, 0.05) is 24.7 Å². The molecule has 2 rings (SSSR count). The number of carbonyl (C=O) groups is 2. The molecule has 34 heavy (non-hydrogen) atoms. The molecular weight excluding hydrogens is 460 g/mol. The Morgan fingerprint density at radius 2 is 1.71 bits per heavy atom. The van der Waals surface area contributed by atoms with E-state index in [0.717, 1.165) is 27.8 Å². The number of amides is 2. The highest BCUT2D eigenvalue weighted by Gasteiger charge is 2.30. The fourth-order valence-corrected chi connectivity index (χ4v) is 4.09. The van der Waals surface area contributed by atoms with Crippen LogP contribution >= 0.6 is 0 Å². The molecule has 10 nitrogen and oxygen atoms in total. The number of non-ortho nitro benzene ring substituents is 1. The molecule has 11 heteroatoms. The van der Waals surface area contributed by atoms with E-state index in [0.29, 0.717) is 0 Å². The minimum Gasteiger partial charge on any atom is -0.352 e. The second-order valence-corrected chi connectivity index (χ2v) is 10.3. The number of nitro benzene ring substituents is 1. The minimum absolute atomic E-state index is 0.0142. The molecule has 0 bridgehead atoms. The maximum atomic E-state index is 13.4. The van der Waals surface area contributed by atoms with Crippen LogP contribution in [0.5, 0.6) is 0 Å². The van der Waals surface area contributed by atoms with Crippen molar-refractivity contribution in [1.82, 2.24) is 10.2 Å². The quantitative estimate of drug-likeness (QED) is 0.402. The zero-order chi connectivity index (χ0) is 25.6. The van der Waals surface area contributed by atoms with Crippen LogP contribution in [-0.4, -0.2) is 54.9 Å². The van der Waals surface area contributed by atoms with Crippen LogP contribution in [0.3, 0.4) is 0 Å². The van der Waals surface area contributed by atoms with Crippen LogP contribution in [0.2, 0.25) is 0 Å². The number of nitrogens with zero attached hydrogens (tertiary/aromatic N) is 3. The first-order valence-corrected chi connectivity index (χ1v) is 12.5. The summed E-state index contributed by atoms with van der Waals surface area (Å²) in [6.45, 7) is 6.55. The van der Waals surface area contributed by atoms with Crippen molar-refractivity contribution in [2.75, 3.05) is 17.1 Å². The molecular formula is C23H30N4O6S. The summed E-state index contributed by atoms with van der Waals surface area (Å²) in [4.78, 5) is 37.9. The number of rotatable bonds is 10. The number of hydrogen-bond donors (Lipinski definition) is 1. The van der Waals surface area contributed by atoms with Crippen LogP contribution in [0, 0.1) is 17.0 Å². The van der Waals surface area contributed by atoms with Gasteiger partial charge in [0.25, 0.3) is 5.69 Å². The van der Waals surface area contributed by atoms with Gasteiger partial charge in [0.1, 0.15) is 12.6 Å². The third-order valence-corrected chi connectivity index (χ3v) is 6.22. The molecule has 2 aromatic carbocycles. The van der Waals surface area contributed by atoms with Crippen molar-refractivity contribution >= 4 is 33.2 Å². The first kappa shape index (κ1) is 26.8. The molecule has 0 aliphatic heterocycles. The molecule has 184 valence electrons. The summed E-state index contributed by atoms with van der Waals surface area (Å²) < 4.78 is 25.8. The van der Waals surface area contributed by atoms with E-state index in [2.05, 4.69) is 5.32 Å². The van der Waals surface area contributed by atoms with E-state index >= 15 is 0 Å². The van der Waals surface area contributed by atoms with Crippen LogP contribution < -0.4 is 9.62 Å². The lowest BCUT2D eigenvalue weighted by Crippen LogP contribution is -2.52. The first-order valence-electron chi connectivity index (χ1n) is 10.7. The summed E-state index contributed by atoms with van der Waals surface area (Å²) in [5.41, 5.74) is 1.48. The SMILES string of the molecule is Cc1ccc(CN(C(=O)CN(c2cccc([N+](=O)[O-])c2)S(C)(=O)=O)[C@@H](C)C(=O)NC(C)C)cc1. The second kappa shape index (κ2) is 11.1. The number of nitro groups is 1.